The molecule has 0 saturated heterocycles. The van der Waals surface area contributed by atoms with Gasteiger partial charge in [-0.1, -0.05) is 13.3 Å². The molecule has 0 aromatic rings. The Morgan fingerprint density at radius 2 is 1.45 bits per heavy atom. The van der Waals surface area contributed by atoms with Gasteiger partial charge in [0, 0.05) is 18.5 Å². The van der Waals surface area contributed by atoms with Crippen LogP contribution in [-0.2, 0) is 14.2 Å². The van der Waals surface area contributed by atoms with Crippen molar-refractivity contribution in [3.63, 3.8) is 0 Å². The van der Waals surface area contributed by atoms with Crippen LogP contribution in [-0.4, -0.2) is 58.1 Å². The van der Waals surface area contributed by atoms with Crippen molar-refractivity contribution in [2.24, 2.45) is 0 Å². The number of nitrogens with one attached hydrogen (secondary N) is 1. The molecule has 0 radical (unpaired) electrons. The predicted octanol–water partition coefficient (Wildman–Crippen LogP) is 2.83. The highest BCUT2D eigenvalue weighted by Crippen LogP contribution is 2.01. The number of hydrogen-bond acceptors (Lipinski definition) is 4. The number of unbranched alkanes of at least 4 members (excludes halogenated alkanes) is 1. The monoisotopic (exact) mass is 309 g/mol. The van der Waals surface area contributed by atoms with Crippen LogP contribution in [0.5, 0.6) is 0 Å². The van der Waals surface area contributed by atoms with Crippen LogP contribution in [0.4, 0.5) is 0 Å². The molecule has 0 aromatic carbocycles. The first-order valence-electron chi connectivity index (χ1n) is 7.85. The molecule has 0 spiro atoms. The topological polar surface area (TPSA) is 39.7 Å². The fourth-order valence-electron chi connectivity index (χ4n) is 1.57. The third-order valence-corrected chi connectivity index (χ3v) is 2.98. The van der Waals surface area contributed by atoms with Crippen LogP contribution < -0.4 is 5.32 Å². The molecular formula is C15H32ClNO3. The molecule has 0 heterocycles. The van der Waals surface area contributed by atoms with E-state index >= 15 is 0 Å². The Morgan fingerprint density at radius 1 is 0.850 bits per heavy atom. The maximum absolute atomic E-state index is 5.86. The number of rotatable bonds is 16. The van der Waals surface area contributed by atoms with Gasteiger partial charge >= 0.3 is 0 Å². The zero-order valence-corrected chi connectivity index (χ0v) is 13.9. The molecule has 0 bridgehead atoms. The molecule has 0 aromatic heterocycles. The Bertz CT molecular complexity index is 183. The smallest absolute Gasteiger partial charge is 0.0701 e. The van der Waals surface area contributed by atoms with Crippen molar-refractivity contribution in [2.45, 2.75) is 44.9 Å². The van der Waals surface area contributed by atoms with Crippen LogP contribution >= 0.6 is 11.6 Å². The molecule has 5 heteroatoms. The number of alkyl halides is 1. The van der Waals surface area contributed by atoms with Gasteiger partial charge in [0.25, 0.3) is 0 Å². The molecule has 122 valence electrons. The van der Waals surface area contributed by atoms with Crippen LogP contribution in [0.3, 0.4) is 0 Å². The maximum atomic E-state index is 5.86. The van der Waals surface area contributed by atoms with E-state index in [1.165, 1.54) is 6.42 Å². The Kier molecular flexibility index (Phi) is 17.3. The Labute approximate surface area is 129 Å². The predicted molar refractivity (Wildman–Crippen MR) is 84.8 cm³/mol. The summed E-state index contributed by atoms with van der Waals surface area (Å²) in [5, 5.41) is 3.60. The van der Waals surface area contributed by atoms with Gasteiger partial charge in [-0.15, -0.1) is 11.6 Å². The molecule has 1 atom stereocenters. The van der Waals surface area contributed by atoms with Gasteiger partial charge in [-0.3, -0.25) is 0 Å². The third kappa shape index (κ3) is 18.1. The third-order valence-electron chi connectivity index (χ3n) is 2.76. The molecule has 0 aliphatic rings. The summed E-state index contributed by atoms with van der Waals surface area (Å²) in [5.41, 5.74) is 0. The molecule has 1 unspecified atom stereocenters. The lowest BCUT2D eigenvalue weighted by Gasteiger charge is -2.08. The van der Waals surface area contributed by atoms with Crippen LogP contribution in [0.15, 0.2) is 0 Å². The second-order valence-electron chi connectivity index (χ2n) is 4.86. The summed E-state index contributed by atoms with van der Waals surface area (Å²) >= 11 is 5.86. The summed E-state index contributed by atoms with van der Waals surface area (Å²) in [5.74, 6) is 0. The SMILES string of the molecule is CCCCOCCOCCOCCNCCCC(C)Cl. The minimum absolute atomic E-state index is 0.274. The molecule has 0 fully saturated rings. The van der Waals surface area contributed by atoms with Gasteiger partial charge < -0.3 is 19.5 Å². The largest absolute Gasteiger partial charge is 0.379 e. The Morgan fingerprint density at radius 3 is 2.05 bits per heavy atom. The van der Waals surface area contributed by atoms with Gasteiger partial charge in [-0.05, 0) is 32.7 Å². The molecule has 0 saturated carbocycles. The van der Waals surface area contributed by atoms with Crippen molar-refractivity contribution < 1.29 is 14.2 Å². The molecular weight excluding hydrogens is 278 g/mol. The van der Waals surface area contributed by atoms with Gasteiger partial charge in [-0.25, -0.2) is 0 Å². The molecule has 1 N–H and O–H groups in total. The average molecular weight is 310 g/mol. The van der Waals surface area contributed by atoms with Gasteiger partial charge in [0.05, 0.1) is 33.0 Å². The van der Waals surface area contributed by atoms with Crippen molar-refractivity contribution >= 4 is 11.6 Å². The highest BCUT2D eigenvalue weighted by Gasteiger charge is 1.95. The number of ether oxygens (including phenoxy) is 3. The summed E-state index contributed by atoms with van der Waals surface area (Å²) in [6.45, 7) is 10.3. The molecule has 20 heavy (non-hydrogen) atoms. The molecule has 0 rings (SSSR count). The van der Waals surface area contributed by atoms with Crippen molar-refractivity contribution in [1.29, 1.82) is 0 Å². The summed E-state index contributed by atoms with van der Waals surface area (Å²) in [7, 11) is 0. The lowest BCUT2D eigenvalue weighted by Crippen LogP contribution is -2.22. The average Bonchev–Trinajstić information content (AvgIpc) is 2.43. The van der Waals surface area contributed by atoms with Crippen LogP contribution in [0, 0.1) is 0 Å². The van der Waals surface area contributed by atoms with Crippen LogP contribution in [0.1, 0.15) is 39.5 Å². The van der Waals surface area contributed by atoms with E-state index in [0.29, 0.717) is 26.4 Å². The number of halogens is 1. The fraction of sp³-hybridized carbons (Fsp3) is 1.00. The van der Waals surface area contributed by atoms with Gasteiger partial charge in [0.1, 0.15) is 0 Å². The first kappa shape index (κ1) is 20.1. The molecule has 4 nitrogen and oxygen atoms in total. The van der Waals surface area contributed by atoms with Gasteiger partial charge in [0.15, 0.2) is 0 Å². The zero-order valence-electron chi connectivity index (χ0n) is 13.2. The first-order chi connectivity index (χ1) is 9.77. The minimum atomic E-state index is 0.274. The van der Waals surface area contributed by atoms with E-state index in [-0.39, 0.29) is 5.38 Å². The second-order valence-corrected chi connectivity index (χ2v) is 5.61. The van der Waals surface area contributed by atoms with Crippen molar-refractivity contribution in [3.8, 4) is 0 Å². The van der Waals surface area contributed by atoms with Crippen LogP contribution in [0.2, 0.25) is 0 Å². The van der Waals surface area contributed by atoms with Crippen molar-refractivity contribution in [1.82, 2.24) is 5.32 Å². The van der Waals surface area contributed by atoms with Crippen molar-refractivity contribution in [3.05, 3.63) is 0 Å². The standard InChI is InChI=1S/C15H32ClNO3/c1-3-4-9-18-11-13-20-14-12-19-10-8-17-7-5-6-15(2)16/h15,17H,3-14H2,1-2H3. The molecule has 0 aliphatic heterocycles. The Hall–Kier alpha value is 0.130. The highest BCUT2D eigenvalue weighted by molar-refractivity contribution is 6.20. The van der Waals surface area contributed by atoms with E-state index in [1.807, 2.05) is 6.92 Å². The molecule has 0 aliphatic carbocycles. The van der Waals surface area contributed by atoms with E-state index in [9.17, 15) is 0 Å². The minimum Gasteiger partial charge on any atom is -0.379 e. The van der Waals surface area contributed by atoms with E-state index < -0.39 is 0 Å². The Balaban J connectivity index is 2.92. The van der Waals surface area contributed by atoms with E-state index in [0.717, 1.165) is 45.6 Å². The van der Waals surface area contributed by atoms with Crippen LogP contribution in [0.25, 0.3) is 0 Å². The highest BCUT2D eigenvalue weighted by atomic mass is 35.5. The lowest BCUT2D eigenvalue weighted by atomic mass is 10.2. The summed E-state index contributed by atoms with van der Waals surface area (Å²) < 4.78 is 16.2. The van der Waals surface area contributed by atoms with E-state index in [2.05, 4.69) is 12.2 Å². The molecule has 0 amide bonds. The second kappa shape index (κ2) is 17.2. The number of hydrogen-bond donors (Lipinski definition) is 1. The summed E-state index contributed by atoms with van der Waals surface area (Å²) in [4.78, 5) is 0. The fourth-order valence-corrected chi connectivity index (χ4v) is 1.72. The maximum Gasteiger partial charge on any atom is 0.0701 e. The van der Waals surface area contributed by atoms with Gasteiger partial charge in [0.2, 0.25) is 0 Å². The lowest BCUT2D eigenvalue weighted by molar-refractivity contribution is 0.0147. The van der Waals surface area contributed by atoms with E-state index in [1.54, 1.807) is 0 Å². The first-order valence-corrected chi connectivity index (χ1v) is 8.29. The van der Waals surface area contributed by atoms with E-state index in [4.69, 9.17) is 25.8 Å². The quantitative estimate of drug-likeness (QED) is 0.351. The zero-order chi connectivity index (χ0) is 14.9. The van der Waals surface area contributed by atoms with Crippen molar-refractivity contribution in [2.75, 3.05) is 52.7 Å². The van der Waals surface area contributed by atoms with Gasteiger partial charge in [-0.2, -0.15) is 0 Å². The summed E-state index contributed by atoms with van der Waals surface area (Å²) in [6.07, 6.45) is 4.48. The summed E-state index contributed by atoms with van der Waals surface area (Å²) in [6, 6.07) is 0. The normalized spacial score (nSPS) is 12.8.